The normalized spacial score (nSPS) is 11.2. The molecule has 0 aliphatic heterocycles. The van der Waals surface area contributed by atoms with Crippen molar-refractivity contribution in [1.82, 2.24) is 20.3 Å². The van der Waals surface area contributed by atoms with Crippen LogP contribution in [0, 0.1) is 20.8 Å². The van der Waals surface area contributed by atoms with E-state index in [1.54, 1.807) is 19.2 Å². The number of anilines is 1. The average Bonchev–Trinajstić information content (AvgIpc) is 3.48. The van der Waals surface area contributed by atoms with Crippen molar-refractivity contribution < 1.29 is 13.7 Å². The summed E-state index contributed by atoms with van der Waals surface area (Å²) >= 11 is 0. The van der Waals surface area contributed by atoms with Gasteiger partial charge in [-0.1, -0.05) is 17.3 Å². The van der Waals surface area contributed by atoms with Gasteiger partial charge in [0.05, 0.1) is 28.0 Å². The van der Waals surface area contributed by atoms with Gasteiger partial charge in [-0.05, 0) is 51.1 Å². The van der Waals surface area contributed by atoms with Crippen LogP contribution in [-0.2, 0) is 0 Å². The van der Waals surface area contributed by atoms with E-state index >= 15 is 0 Å². The summed E-state index contributed by atoms with van der Waals surface area (Å²) in [4.78, 5) is 17.9. The molecule has 154 valence electrons. The highest BCUT2D eigenvalue weighted by Gasteiger charge is 2.21. The molecule has 0 aliphatic carbocycles. The summed E-state index contributed by atoms with van der Waals surface area (Å²) in [5.41, 5.74) is 5.19. The van der Waals surface area contributed by atoms with Crippen molar-refractivity contribution in [3.05, 3.63) is 71.4 Å². The Hall–Kier alpha value is -4.20. The number of benzene rings is 1. The molecule has 5 rings (SSSR count). The topological polar surface area (TPSA) is 110 Å². The lowest BCUT2D eigenvalue weighted by Crippen LogP contribution is -2.13. The highest BCUT2D eigenvalue weighted by atomic mass is 16.5. The molecule has 0 radical (unpaired) electrons. The number of rotatable bonds is 4. The van der Waals surface area contributed by atoms with Gasteiger partial charge < -0.3 is 14.3 Å². The SMILES string of the molecule is Cc1cc(-c2cc(C(=O)Nc3cccc(-c4ccn[nH]4)c3)c3c(C)noc3n2)c(C)o1. The number of amides is 1. The van der Waals surface area contributed by atoms with Crippen LogP contribution in [0.5, 0.6) is 0 Å². The van der Waals surface area contributed by atoms with E-state index < -0.39 is 0 Å². The van der Waals surface area contributed by atoms with Gasteiger partial charge in [0.25, 0.3) is 11.6 Å². The number of hydrogen-bond acceptors (Lipinski definition) is 6. The van der Waals surface area contributed by atoms with Gasteiger partial charge in [-0.25, -0.2) is 4.98 Å². The second kappa shape index (κ2) is 7.24. The number of nitrogens with one attached hydrogen (secondary N) is 2. The standard InChI is InChI=1S/C23H19N5O3/c1-12-9-17(14(3)30-12)20-11-18(21-13(2)28-31-23(21)26-20)22(29)25-16-6-4-5-15(10-16)19-7-8-24-27-19/h4-11H,1-3H3,(H,24,27)(H,25,29). The zero-order chi connectivity index (χ0) is 21.5. The molecule has 5 aromatic rings. The van der Waals surface area contributed by atoms with Crippen LogP contribution in [0.3, 0.4) is 0 Å². The molecule has 0 saturated carbocycles. The number of fused-ring (bicyclic) bond motifs is 1. The number of carbonyl (C=O) groups excluding carboxylic acids is 1. The van der Waals surface area contributed by atoms with Gasteiger partial charge >= 0.3 is 0 Å². The number of aromatic nitrogens is 4. The molecule has 8 nitrogen and oxygen atoms in total. The van der Waals surface area contributed by atoms with Gasteiger partial charge in [-0.3, -0.25) is 9.89 Å². The van der Waals surface area contributed by atoms with Crippen LogP contribution in [0.1, 0.15) is 27.6 Å². The van der Waals surface area contributed by atoms with Gasteiger partial charge in [-0.2, -0.15) is 5.10 Å². The Morgan fingerprint density at radius 3 is 2.71 bits per heavy atom. The number of hydrogen-bond donors (Lipinski definition) is 2. The Bertz CT molecular complexity index is 1410. The fraction of sp³-hybridized carbons (Fsp3) is 0.130. The number of carbonyl (C=O) groups is 1. The lowest BCUT2D eigenvalue weighted by molar-refractivity contribution is 0.102. The maximum Gasteiger partial charge on any atom is 0.259 e. The fourth-order valence-electron chi connectivity index (χ4n) is 3.68. The monoisotopic (exact) mass is 413 g/mol. The first-order valence-corrected chi connectivity index (χ1v) is 9.75. The molecule has 4 heterocycles. The molecule has 0 atom stereocenters. The van der Waals surface area contributed by atoms with E-state index in [2.05, 4.69) is 25.7 Å². The molecule has 31 heavy (non-hydrogen) atoms. The largest absolute Gasteiger partial charge is 0.466 e. The van der Waals surface area contributed by atoms with E-state index in [0.29, 0.717) is 33.7 Å². The Labute approximate surface area is 177 Å². The van der Waals surface area contributed by atoms with E-state index in [9.17, 15) is 4.79 Å². The summed E-state index contributed by atoms with van der Waals surface area (Å²) in [5, 5.41) is 14.5. The third-order valence-corrected chi connectivity index (χ3v) is 5.11. The lowest BCUT2D eigenvalue weighted by Gasteiger charge is -2.09. The van der Waals surface area contributed by atoms with Crippen LogP contribution < -0.4 is 5.32 Å². The minimum absolute atomic E-state index is 0.278. The van der Waals surface area contributed by atoms with E-state index in [-0.39, 0.29) is 5.91 Å². The van der Waals surface area contributed by atoms with Crippen molar-refractivity contribution in [2.24, 2.45) is 0 Å². The highest BCUT2D eigenvalue weighted by molar-refractivity contribution is 6.13. The quantitative estimate of drug-likeness (QED) is 0.427. The predicted octanol–water partition coefficient (Wildman–Crippen LogP) is 5.05. The van der Waals surface area contributed by atoms with Crippen molar-refractivity contribution in [3.63, 3.8) is 0 Å². The summed E-state index contributed by atoms with van der Waals surface area (Å²) in [6.45, 7) is 5.52. The number of nitrogens with zero attached hydrogens (tertiary/aromatic N) is 3. The molecule has 0 fully saturated rings. The molecule has 0 saturated heterocycles. The smallest absolute Gasteiger partial charge is 0.259 e. The molecule has 0 spiro atoms. The maximum atomic E-state index is 13.3. The number of pyridine rings is 1. The number of aryl methyl sites for hydroxylation is 3. The Kier molecular flexibility index (Phi) is 4.39. The molecule has 4 aromatic heterocycles. The summed E-state index contributed by atoms with van der Waals surface area (Å²) in [5.74, 6) is 1.21. The van der Waals surface area contributed by atoms with Gasteiger partial charge in [0.1, 0.15) is 11.5 Å². The van der Waals surface area contributed by atoms with Gasteiger partial charge in [-0.15, -0.1) is 0 Å². The second-order valence-electron chi connectivity index (χ2n) is 7.34. The van der Waals surface area contributed by atoms with Crippen LogP contribution in [-0.4, -0.2) is 26.2 Å². The first kappa shape index (κ1) is 18.8. The van der Waals surface area contributed by atoms with Crippen LogP contribution in [0.15, 0.2) is 57.6 Å². The summed E-state index contributed by atoms with van der Waals surface area (Å²) < 4.78 is 11.0. The highest BCUT2D eigenvalue weighted by Crippen LogP contribution is 2.31. The molecule has 1 amide bonds. The van der Waals surface area contributed by atoms with E-state index in [0.717, 1.165) is 28.3 Å². The van der Waals surface area contributed by atoms with Crippen molar-refractivity contribution in [3.8, 4) is 22.5 Å². The first-order valence-electron chi connectivity index (χ1n) is 9.75. The van der Waals surface area contributed by atoms with Crippen LogP contribution in [0.4, 0.5) is 5.69 Å². The van der Waals surface area contributed by atoms with Crippen molar-refractivity contribution in [2.75, 3.05) is 5.32 Å². The van der Waals surface area contributed by atoms with Crippen LogP contribution in [0.25, 0.3) is 33.6 Å². The molecule has 8 heteroatoms. The van der Waals surface area contributed by atoms with Gasteiger partial charge in [0.15, 0.2) is 0 Å². The van der Waals surface area contributed by atoms with E-state index in [1.807, 2.05) is 50.2 Å². The van der Waals surface area contributed by atoms with E-state index in [4.69, 9.17) is 8.94 Å². The Morgan fingerprint density at radius 2 is 1.97 bits per heavy atom. The number of H-pyrrole nitrogens is 1. The second-order valence-corrected chi connectivity index (χ2v) is 7.34. The summed E-state index contributed by atoms with van der Waals surface area (Å²) in [6, 6.07) is 13.0. The Morgan fingerprint density at radius 1 is 1.10 bits per heavy atom. The van der Waals surface area contributed by atoms with Crippen molar-refractivity contribution in [2.45, 2.75) is 20.8 Å². The third-order valence-electron chi connectivity index (χ3n) is 5.11. The van der Waals surface area contributed by atoms with Crippen molar-refractivity contribution >= 4 is 22.7 Å². The summed E-state index contributed by atoms with van der Waals surface area (Å²) in [6.07, 6.45) is 1.68. The molecular weight excluding hydrogens is 394 g/mol. The molecular formula is C23H19N5O3. The zero-order valence-corrected chi connectivity index (χ0v) is 17.2. The lowest BCUT2D eigenvalue weighted by atomic mass is 10.0. The van der Waals surface area contributed by atoms with Crippen molar-refractivity contribution in [1.29, 1.82) is 0 Å². The molecule has 0 aliphatic rings. The minimum atomic E-state index is -0.278. The van der Waals surface area contributed by atoms with E-state index in [1.165, 1.54) is 0 Å². The van der Waals surface area contributed by atoms with Gasteiger partial charge in [0.2, 0.25) is 0 Å². The van der Waals surface area contributed by atoms with Gasteiger partial charge in [0, 0.05) is 23.0 Å². The predicted molar refractivity (Wildman–Crippen MR) is 116 cm³/mol. The molecule has 0 unspecified atom stereocenters. The zero-order valence-electron chi connectivity index (χ0n) is 17.2. The maximum absolute atomic E-state index is 13.3. The minimum Gasteiger partial charge on any atom is -0.466 e. The molecule has 1 aromatic carbocycles. The van der Waals surface area contributed by atoms with Crippen LogP contribution >= 0.6 is 0 Å². The summed E-state index contributed by atoms with van der Waals surface area (Å²) in [7, 11) is 0. The fourth-order valence-corrected chi connectivity index (χ4v) is 3.68. The molecule has 2 N–H and O–H groups in total. The Balaban J connectivity index is 1.56. The number of furan rings is 1. The average molecular weight is 413 g/mol. The molecule has 0 bridgehead atoms. The van der Waals surface area contributed by atoms with Crippen LogP contribution in [0.2, 0.25) is 0 Å². The first-order chi connectivity index (χ1) is 15.0. The number of aromatic amines is 1. The third kappa shape index (κ3) is 3.38.